The highest BCUT2D eigenvalue weighted by Crippen LogP contribution is 2.25. The standard InChI is InChI=1S/C15H19N3O3/c1-4-14-17-12-8-10(16-5-6-18(2)3)7-11(13(20)9-19)15(12)21-14/h7-9,16H,4-6H2,1-3H3. The van der Waals surface area contributed by atoms with Gasteiger partial charge in [0.2, 0.25) is 5.78 Å². The van der Waals surface area contributed by atoms with Crippen LogP contribution in [0.25, 0.3) is 11.1 Å². The van der Waals surface area contributed by atoms with Crippen molar-refractivity contribution < 1.29 is 14.0 Å². The van der Waals surface area contributed by atoms with E-state index in [9.17, 15) is 9.59 Å². The van der Waals surface area contributed by atoms with Crippen LogP contribution in [0.5, 0.6) is 0 Å². The molecule has 1 N–H and O–H groups in total. The van der Waals surface area contributed by atoms with Crippen LogP contribution >= 0.6 is 0 Å². The van der Waals surface area contributed by atoms with Gasteiger partial charge in [-0.15, -0.1) is 0 Å². The number of nitrogens with zero attached hydrogens (tertiary/aromatic N) is 2. The van der Waals surface area contributed by atoms with Gasteiger partial charge in [-0.25, -0.2) is 4.98 Å². The summed E-state index contributed by atoms with van der Waals surface area (Å²) in [5.74, 6) is -0.0505. The summed E-state index contributed by atoms with van der Waals surface area (Å²) in [6.07, 6.45) is 0.930. The number of fused-ring (bicyclic) bond motifs is 1. The lowest BCUT2D eigenvalue weighted by atomic mass is 10.1. The summed E-state index contributed by atoms with van der Waals surface area (Å²) >= 11 is 0. The van der Waals surface area contributed by atoms with Gasteiger partial charge in [0.1, 0.15) is 5.52 Å². The van der Waals surface area contributed by atoms with Crippen molar-refractivity contribution in [2.24, 2.45) is 0 Å². The maximum atomic E-state index is 11.8. The molecule has 0 aliphatic heterocycles. The number of oxazole rings is 1. The van der Waals surface area contributed by atoms with E-state index in [0.717, 1.165) is 18.8 Å². The number of anilines is 1. The zero-order valence-corrected chi connectivity index (χ0v) is 12.5. The van der Waals surface area contributed by atoms with Gasteiger partial charge in [-0.05, 0) is 26.2 Å². The number of aromatic nitrogens is 1. The Hall–Kier alpha value is -2.21. The maximum Gasteiger partial charge on any atom is 0.229 e. The van der Waals surface area contributed by atoms with E-state index in [1.165, 1.54) is 0 Å². The molecule has 0 saturated heterocycles. The molecular formula is C15H19N3O3. The highest BCUT2D eigenvalue weighted by atomic mass is 16.3. The average molecular weight is 289 g/mol. The molecule has 0 atom stereocenters. The fourth-order valence-electron chi connectivity index (χ4n) is 2.00. The number of hydrogen-bond donors (Lipinski definition) is 1. The Labute approximate surface area is 123 Å². The first-order valence-corrected chi connectivity index (χ1v) is 6.86. The van der Waals surface area contributed by atoms with Gasteiger partial charge in [-0.2, -0.15) is 0 Å². The predicted molar refractivity (Wildman–Crippen MR) is 80.8 cm³/mol. The topological polar surface area (TPSA) is 75.4 Å². The molecular weight excluding hydrogens is 270 g/mol. The lowest BCUT2D eigenvalue weighted by molar-refractivity contribution is -0.104. The number of likely N-dealkylation sites (N-methyl/N-ethyl adjacent to an activating group) is 1. The van der Waals surface area contributed by atoms with Crippen molar-refractivity contribution >= 4 is 28.9 Å². The van der Waals surface area contributed by atoms with Gasteiger partial charge in [0, 0.05) is 25.2 Å². The second-order valence-corrected chi connectivity index (χ2v) is 5.05. The summed E-state index contributed by atoms with van der Waals surface area (Å²) in [4.78, 5) is 28.9. The fourth-order valence-corrected chi connectivity index (χ4v) is 2.00. The molecule has 0 aliphatic carbocycles. The van der Waals surface area contributed by atoms with E-state index >= 15 is 0 Å². The van der Waals surface area contributed by atoms with E-state index in [1.807, 2.05) is 32.0 Å². The number of aldehydes is 1. The van der Waals surface area contributed by atoms with Crippen LogP contribution in [0.15, 0.2) is 16.5 Å². The molecule has 0 radical (unpaired) electrons. The molecule has 112 valence electrons. The van der Waals surface area contributed by atoms with Gasteiger partial charge in [0.15, 0.2) is 17.8 Å². The highest BCUT2D eigenvalue weighted by molar-refractivity contribution is 6.36. The van der Waals surface area contributed by atoms with Crippen LogP contribution in [0.1, 0.15) is 23.2 Å². The normalized spacial score (nSPS) is 11.0. The average Bonchev–Trinajstić information content (AvgIpc) is 2.88. The second-order valence-electron chi connectivity index (χ2n) is 5.05. The van der Waals surface area contributed by atoms with Gasteiger partial charge in [0.25, 0.3) is 0 Å². The molecule has 0 spiro atoms. The monoisotopic (exact) mass is 289 g/mol. The molecule has 0 saturated carbocycles. The number of benzene rings is 1. The van der Waals surface area contributed by atoms with Crippen molar-refractivity contribution in [1.82, 2.24) is 9.88 Å². The highest BCUT2D eigenvalue weighted by Gasteiger charge is 2.16. The summed E-state index contributed by atoms with van der Waals surface area (Å²) in [6, 6.07) is 3.47. The molecule has 0 fully saturated rings. The maximum absolute atomic E-state index is 11.8. The fraction of sp³-hybridized carbons (Fsp3) is 0.400. The first kappa shape index (κ1) is 15.2. The zero-order chi connectivity index (χ0) is 15.4. The smallest absolute Gasteiger partial charge is 0.229 e. The van der Waals surface area contributed by atoms with Crippen LogP contribution < -0.4 is 5.32 Å². The minimum Gasteiger partial charge on any atom is -0.440 e. The Balaban J connectivity index is 2.38. The first-order valence-electron chi connectivity index (χ1n) is 6.86. The minimum absolute atomic E-state index is 0.252. The summed E-state index contributed by atoms with van der Waals surface area (Å²) in [7, 11) is 3.97. The van der Waals surface area contributed by atoms with Crippen LogP contribution in [0.4, 0.5) is 5.69 Å². The molecule has 1 heterocycles. The van der Waals surface area contributed by atoms with E-state index in [0.29, 0.717) is 29.7 Å². The van der Waals surface area contributed by atoms with Crippen molar-refractivity contribution in [3.05, 3.63) is 23.6 Å². The van der Waals surface area contributed by atoms with Crippen molar-refractivity contribution in [1.29, 1.82) is 0 Å². The Bertz CT molecular complexity index is 661. The zero-order valence-electron chi connectivity index (χ0n) is 12.5. The van der Waals surface area contributed by atoms with Gasteiger partial charge < -0.3 is 14.6 Å². The third kappa shape index (κ3) is 3.46. The van der Waals surface area contributed by atoms with Gasteiger partial charge in [-0.3, -0.25) is 9.59 Å². The number of carbonyl (C=O) groups is 2. The molecule has 1 aromatic carbocycles. The van der Waals surface area contributed by atoms with Crippen molar-refractivity contribution in [3.63, 3.8) is 0 Å². The molecule has 0 aliphatic rings. The molecule has 6 heteroatoms. The second kappa shape index (κ2) is 6.49. The number of nitrogens with one attached hydrogen (secondary N) is 1. The molecule has 0 unspecified atom stereocenters. The molecule has 1 aromatic heterocycles. The summed E-state index contributed by atoms with van der Waals surface area (Å²) < 4.78 is 5.54. The largest absolute Gasteiger partial charge is 0.440 e. The predicted octanol–water partition coefficient (Wildman–Crippen LogP) is 1.75. The Morgan fingerprint density at radius 1 is 1.43 bits per heavy atom. The summed E-state index contributed by atoms with van der Waals surface area (Å²) in [5, 5.41) is 3.22. The lowest BCUT2D eigenvalue weighted by Gasteiger charge is -2.11. The van der Waals surface area contributed by atoms with Crippen LogP contribution in [-0.2, 0) is 11.2 Å². The van der Waals surface area contributed by atoms with Crippen LogP contribution in [0.3, 0.4) is 0 Å². The van der Waals surface area contributed by atoms with Crippen molar-refractivity contribution in [3.8, 4) is 0 Å². The quantitative estimate of drug-likeness (QED) is 0.475. The van der Waals surface area contributed by atoms with E-state index in [1.54, 1.807) is 6.07 Å². The molecule has 2 aromatic rings. The van der Waals surface area contributed by atoms with Crippen molar-refractivity contribution in [2.45, 2.75) is 13.3 Å². The van der Waals surface area contributed by atoms with E-state index in [2.05, 4.69) is 10.3 Å². The number of rotatable bonds is 7. The van der Waals surface area contributed by atoms with Gasteiger partial charge in [0.05, 0.1) is 5.56 Å². The van der Waals surface area contributed by atoms with E-state index in [4.69, 9.17) is 4.42 Å². The third-order valence-corrected chi connectivity index (χ3v) is 3.10. The van der Waals surface area contributed by atoms with Crippen LogP contribution in [-0.4, -0.2) is 49.1 Å². The van der Waals surface area contributed by atoms with E-state index < -0.39 is 5.78 Å². The Morgan fingerprint density at radius 3 is 2.81 bits per heavy atom. The number of aryl methyl sites for hydroxylation is 1. The third-order valence-electron chi connectivity index (χ3n) is 3.10. The molecule has 0 amide bonds. The summed E-state index contributed by atoms with van der Waals surface area (Å²) in [5.41, 5.74) is 1.97. The lowest BCUT2D eigenvalue weighted by Crippen LogP contribution is -2.20. The SMILES string of the molecule is CCc1nc2cc(NCCN(C)C)cc(C(=O)C=O)c2o1. The molecule has 21 heavy (non-hydrogen) atoms. The van der Waals surface area contributed by atoms with Crippen LogP contribution in [0, 0.1) is 0 Å². The number of Topliss-reactive ketones (excluding diaryl/α,β-unsaturated/α-hetero) is 1. The molecule has 2 rings (SSSR count). The van der Waals surface area contributed by atoms with Crippen molar-refractivity contribution in [2.75, 3.05) is 32.5 Å². The van der Waals surface area contributed by atoms with Gasteiger partial charge in [-0.1, -0.05) is 6.92 Å². The number of ketones is 1. The number of carbonyl (C=O) groups excluding carboxylic acids is 2. The molecule has 6 nitrogen and oxygen atoms in total. The Kier molecular flexibility index (Phi) is 4.70. The molecule has 0 bridgehead atoms. The summed E-state index contributed by atoms with van der Waals surface area (Å²) in [6.45, 7) is 3.50. The van der Waals surface area contributed by atoms with E-state index in [-0.39, 0.29) is 5.56 Å². The first-order chi connectivity index (χ1) is 10.0. The minimum atomic E-state index is -0.602. The van der Waals surface area contributed by atoms with Crippen LogP contribution in [0.2, 0.25) is 0 Å². The Morgan fingerprint density at radius 2 is 2.19 bits per heavy atom. The number of hydrogen-bond acceptors (Lipinski definition) is 6. The van der Waals surface area contributed by atoms with Gasteiger partial charge >= 0.3 is 0 Å².